The van der Waals surface area contributed by atoms with Crippen LogP contribution in [0.1, 0.15) is 36.7 Å². The number of hydrogen-bond acceptors (Lipinski definition) is 3. The maximum atomic E-state index is 11.3. The molecule has 0 spiro atoms. The van der Waals surface area contributed by atoms with Gasteiger partial charge in [-0.1, -0.05) is 50.7 Å². The number of rotatable bonds is 3. The van der Waals surface area contributed by atoms with E-state index in [2.05, 4.69) is 32.9 Å². The zero-order chi connectivity index (χ0) is 15.6. The molecule has 0 aromatic heterocycles. The molecular weight excluding hydrogens is 282 g/mol. The Labute approximate surface area is 129 Å². The highest BCUT2D eigenvalue weighted by molar-refractivity contribution is 7.99. The predicted octanol–water partition coefficient (Wildman–Crippen LogP) is 4.42. The van der Waals surface area contributed by atoms with Crippen molar-refractivity contribution < 1.29 is 9.90 Å². The summed E-state index contributed by atoms with van der Waals surface area (Å²) in [5.41, 5.74) is 7.98. The first kappa shape index (κ1) is 15.4. The van der Waals surface area contributed by atoms with E-state index in [0.29, 0.717) is 10.6 Å². The molecule has 0 unspecified atom stereocenters. The second-order valence-electron chi connectivity index (χ2n) is 5.91. The smallest absolute Gasteiger partial charge is 0.336 e. The van der Waals surface area contributed by atoms with Crippen LogP contribution < -0.4 is 5.73 Å². The van der Waals surface area contributed by atoms with Crippen molar-refractivity contribution in [2.24, 2.45) is 0 Å². The van der Waals surface area contributed by atoms with Crippen molar-refractivity contribution >= 4 is 23.4 Å². The highest BCUT2D eigenvalue weighted by Gasteiger charge is 2.16. The van der Waals surface area contributed by atoms with E-state index in [0.717, 1.165) is 4.90 Å². The van der Waals surface area contributed by atoms with Crippen molar-refractivity contribution in [1.82, 2.24) is 0 Å². The highest BCUT2D eigenvalue weighted by Crippen LogP contribution is 2.36. The van der Waals surface area contributed by atoms with Gasteiger partial charge in [-0.05, 0) is 35.2 Å². The molecule has 0 atom stereocenters. The number of nitrogen functional groups attached to an aromatic ring is 1. The molecule has 3 N–H and O–H groups in total. The summed E-state index contributed by atoms with van der Waals surface area (Å²) in [6, 6.07) is 13.1. The summed E-state index contributed by atoms with van der Waals surface area (Å²) in [5.74, 6) is -0.962. The van der Waals surface area contributed by atoms with Gasteiger partial charge in [0, 0.05) is 15.5 Å². The van der Waals surface area contributed by atoms with Gasteiger partial charge in [0.15, 0.2) is 0 Å². The maximum Gasteiger partial charge on any atom is 0.336 e. The van der Waals surface area contributed by atoms with E-state index in [-0.39, 0.29) is 11.0 Å². The van der Waals surface area contributed by atoms with Gasteiger partial charge in [0.25, 0.3) is 0 Å². The van der Waals surface area contributed by atoms with Gasteiger partial charge in [-0.15, -0.1) is 0 Å². The van der Waals surface area contributed by atoms with E-state index in [9.17, 15) is 9.90 Å². The third-order valence-electron chi connectivity index (χ3n) is 3.22. The number of hydrogen-bond donors (Lipinski definition) is 2. The zero-order valence-electron chi connectivity index (χ0n) is 12.4. The number of carboxylic acids is 1. The molecule has 0 aliphatic heterocycles. The van der Waals surface area contributed by atoms with E-state index in [4.69, 9.17) is 5.73 Å². The molecule has 2 rings (SSSR count). The van der Waals surface area contributed by atoms with Crippen LogP contribution in [-0.4, -0.2) is 11.1 Å². The molecule has 0 saturated carbocycles. The number of carbonyl (C=O) groups is 1. The summed E-state index contributed by atoms with van der Waals surface area (Å²) in [5, 5.41) is 9.25. The van der Waals surface area contributed by atoms with Crippen LogP contribution in [0, 0.1) is 0 Å². The summed E-state index contributed by atoms with van der Waals surface area (Å²) in [6.07, 6.45) is 0. The fourth-order valence-corrected chi connectivity index (χ4v) is 2.94. The largest absolute Gasteiger partial charge is 0.478 e. The van der Waals surface area contributed by atoms with Crippen LogP contribution in [0.15, 0.2) is 52.3 Å². The Bertz CT molecular complexity index is 657. The quantitative estimate of drug-likeness (QED) is 0.824. The van der Waals surface area contributed by atoms with Gasteiger partial charge in [0.2, 0.25) is 0 Å². The maximum absolute atomic E-state index is 11.3. The highest BCUT2D eigenvalue weighted by atomic mass is 32.2. The fourth-order valence-electron chi connectivity index (χ4n) is 1.98. The lowest BCUT2D eigenvalue weighted by atomic mass is 9.87. The predicted molar refractivity (Wildman–Crippen MR) is 87.1 cm³/mol. The second kappa shape index (κ2) is 5.82. The first-order valence-corrected chi connectivity index (χ1v) is 7.51. The number of benzene rings is 2. The van der Waals surface area contributed by atoms with Crippen molar-refractivity contribution in [2.45, 2.75) is 36.0 Å². The Balaban J connectivity index is 2.33. The van der Waals surface area contributed by atoms with Crippen LogP contribution in [0.4, 0.5) is 5.69 Å². The minimum atomic E-state index is -0.962. The Hall–Kier alpha value is -1.94. The van der Waals surface area contributed by atoms with Crippen molar-refractivity contribution in [1.29, 1.82) is 0 Å². The molecule has 0 amide bonds. The number of carboxylic acid groups (broad SMARTS) is 1. The molecule has 2 aromatic rings. The van der Waals surface area contributed by atoms with E-state index >= 15 is 0 Å². The lowest BCUT2D eigenvalue weighted by Crippen LogP contribution is -2.10. The topological polar surface area (TPSA) is 63.3 Å². The van der Waals surface area contributed by atoms with Crippen LogP contribution in [-0.2, 0) is 5.41 Å². The van der Waals surface area contributed by atoms with Crippen molar-refractivity contribution in [3.63, 3.8) is 0 Å². The normalized spacial score (nSPS) is 11.4. The molecule has 21 heavy (non-hydrogen) atoms. The molecule has 0 heterocycles. The lowest BCUT2D eigenvalue weighted by Gasteiger charge is -2.19. The van der Waals surface area contributed by atoms with Gasteiger partial charge in [-0.3, -0.25) is 0 Å². The minimum Gasteiger partial charge on any atom is -0.478 e. The van der Waals surface area contributed by atoms with Gasteiger partial charge in [0.1, 0.15) is 0 Å². The van der Waals surface area contributed by atoms with Gasteiger partial charge in [-0.2, -0.15) is 0 Å². The monoisotopic (exact) mass is 301 g/mol. The molecule has 0 saturated heterocycles. The SMILES string of the molecule is CC(C)(C)c1ccc(Sc2c(N)cccc2C(=O)O)cc1. The van der Waals surface area contributed by atoms with Crippen LogP contribution in [0.5, 0.6) is 0 Å². The first-order chi connectivity index (χ1) is 9.79. The zero-order valence-corrected chi connectivity index (χ0v) is 13.2. The fraction of sp³-hybridized carbons (Fsp3) is 0.235. The first-order valence-electron chi connectivity index (χ1n) is 6.69. The molecule has 3 nitrogen and oxygen atoms in total. The third-order valence-corrected chi connectivity index (χ3v) is 4.38. The molecule has 0 radical (unpaired) electrons. The lowest BCUT2D eigenvalue weighted by molar-refractivity contribution is 0.0693. The molecule has 0 bridgehead atoms. The van der Waals surface area contributed by atoms with Crippen LogP contribution in [0.25, 0.3) is 0 Å². The summed E-state index contributed by atoms with van der Waals surface area (Å²) in [7, 11) is 0. The molecular formula is C17H19NO2S. The van der Waals surface area contributed by atoms with Crippen molar-refractivity contribution in [3.05, 3.63) is 53.6 Å². The standard InChI is InChI=1S/C17H19NO2S/c1-17(2,3)11-7-9-12(10-8-11)21-15-13(16(19)20)5-4-6-14(15)18/h4-10H,18H2,1-3H3,(H,19,20). The Morgan fingerprint density at radius 2 is 1.71 bits per heavy atom. The summed E-state index contributed by atoms with van der Waals surface area (Å²) >= 11 is 1.38. The van der Waals surface area contributed by atoms with E-state index in [1.54, 1.807) is 18.2 Å². The van der Waals surface area contributed by atoms with Gasteiger partial charge in [-0.25, -0.2) is 4.79 Å². The number of anilines is 1. The van der Waals surface area contributed by atoms with Gasteiger partial charge < -0.3 is 10.8 Å². The molecule has 0 aliphatic carbocycles. The second-order valence-corrected chi connectivity index (χ2v) is 6.99. The molecule has 110 valence electrons. The Morgan fingerprint density at radius 3 is 2.24 bits per heavy atom. The molecule has 0 aliphatic rings. The minimum absolute atomic E-state index is 0.0984. The van der Waals surface area contributed by atoms with E-state index in [1.165, 1.54) is 17.3 Å². The summed E-state index contributed by atoms with van der Waals surface area (Å²) < 4.78 is 0. The number of nitrogens with two attached hydrogens (primary N) is 1. The van der Waals surface area contributed by atoms with Crippen LogP contribution in [0.3, 0.4) is 0 Å². The average Bonchev–Trinajstić information content (AvgIpc) is 2.40. The van der Waals surface area contributed by atoms with Crippen molar-refractivity contribution in [2.75, 3.05) is 5.73 Å². The third kappa shape index (κ3) is 3.58. The Morgan fingerprint density at radius 1 is 1.10 bits per heavy atom. The van der Waals surface area contributed by atoms with Gasteiger partial charge >= 0.3 is 5.97 Å². The summed E-state index contributed by atoms with van der Waals surface area (Å²) in [4.78, 5) is 12.8. The van der Waals surface area contributed by atoms with E-state index in [1.807, 2.05) is 12.1 Å². The van der Waals surface area contributed by atoms with Crippen LogP contribution >= 0.6 is 11.8 Å². The van der Waals surface area contributed by atoms with Gasteiger partial charge in [0.05, 0.1) is 5.56 Å². The molecule has 4 heteroatoms. The average molecular weight is 301 g/mol. The number of aromatic carboxylic acids is 1. The van der Waals surface area contributed by atoms with E-state index < -0.39 is 5.97 Å². The molecule has 0 fully saturated rings. The van der Waals surface area contributed by atoms with Crippen molar-refractivity contribution in [3.8, 4) is 0 Å². The van der Waals surface area contributed by atoms with Crippen LogP contribution in [0.2, 0.25) is 0 Å². The Kier molecular flexibility index (Phi) is 4.28. The molecule has 2 aromatic carbocycles. The summed E-state index contributed by atoms with van der Waals surface area (Å²) in [6.45, 7) is 6.48.